The molecular weight excluding hydrogens is 194 g/mol. The molecule has 0 N–H and O–H groups in total. The molecule has 0 bridgehead atoms. The van der Waals surface area contributed by atoms with Gasteiger partial charge >= 0.3 is 0 Å². The van der Waals surface area contributed by atoms with Crippen molar-refractivity contribution in [3.8, 4) is 0 Å². The van der Waals surface area contributed by atoms with Gasteiger partial charge in [-0.25, -0.2) is 0 Å². The second kappa shape index (κ2) is 2.54. The number of benzene rings is 1. The molecule has 1 saturated carbocycles. The molecule has 0 amide bonds. The lowest BCUT2D eigenvalue weighted by molar-refractivity contribution is 0.724. The second-order valence-electron chi connectivity index (χ2n) is 4.95. The zero-order valence-electron chi connectivity index (χ0n) is 9.27. The lowest BCUT2D eigenvalue weighted by Crippen LogP contribution is -2.36. The average molecular weight is 207 g/mol. The van der Waals surface area contributed by atoms with E-state index < -0.39 is 0 Å². The van der Waals surface area contributed by atoms with Gasteiger partial charge in [0.25, 0.3) is 0 Å². The molecule has 3 aliphatic rings. The molecule has 2 atom stereocenters. The van der Waals surface area contributed by atoms with Crippen molar-refractivity contribution in [3.63, 3.8) is 0 Å². The Balaban J connectivity index is 2.16. The highest BCUT2D eigenvalue weighted by molar-refractivity contribution is 5.72. The van der Waals surface area contributed by atoms with Crippen LogP contribution in [0.5, 0.6) is 0 Å². The molecule has 1 heteroatoms. The summed E-state index contributed by atoms with van der Waals surface area (Å²) in [5, 5.41) is 2.48. The molecule has 0 radical (unpaired) electrons. The molecule has 1 heterocycles. The first kappa shape index (κ1) is 8.51. The fourth-order valence-corrected chi connectivity index (χ4v) is 3.13. The van der Waals surface area contributed by atoms with Gasteiger partial charge in [0, 0.05) is 11.1 Å². The van der Waals surface area contributed by atoms with E-state index in [4.69, 9.17) is 4.99 Å². The van der Waals surface area contributed by atoms with Gasteiger partial charge in [-0.3, -0.25) is 4.99 Å². The number of hydrogen-bond acceptors (Lipinski definition) is 1. The first-order valence-electron chi connectivity index (χ1n) is 5.86. The summed E-state index contributed by atoms with van der Waals surface area (Å²) in [7, 11) is 0. The van der Waals surface area contributed by atoms with E-state index in [1.807, 2.05) is 0 Å². The summed E-state index contributed by atoms with van der Waals surface area (Å²) in [6.45, 7) is 2.23. The molecule has 1 aromatic carbocycles. The van der Waals surface area contributed by atoms with Crippen LogP contribution in [0.4, 0.5) is 0 Å². The second-order valence-corrected chi connectivity index (χ2v) is 4.95. The number of rotatable bonds is 0. The third-order valence-electron chi connectivity index (χ3n) is 4.09. The first-order chi connectivity index (χ1) is 7.81. The number of para-hydroxylation sites is 1. The van der Waals surface area contributed by atoms with E-state index in [1.165, 1.54) is 28.1 Å². The van der Waals surface area contributed by atoms with Crippen molar-refractivity contribution in [1.29, 1.82) is 0 Å². The third kappa shape index (κ3) is 0.850. The fraction of sp³-hybridized carbons (Fsp3) is 0.267. The van der Waals surface area contributed by atoms with E-state index in [2.05, 4.69) is 49.4 Å². The van der Waals surface area contributed by atoms with Crippen LogP contribution in [0, 0.1) is 5.92 Å². The maximum absolute atomic E-state index is 4.98. The molecule has 0 aromatic heterocycles. The molecule has 1 aromatic rings. The molecular formula is C15H13N. The van der Waals surface area contributed by atoms with Gasteiger partial charge in [0.1, 0.15) is 0 Å². The van der Waals surface area contributed by atoms with Crippen molar-refractivity contribution in [1.82, 2.24) is 0 Å². The zero-order chi connectivity index (χ0) is 10.8. The summed E-state index contributed by atoms with van der Waals surface area (Å²) >= 11 is 0. The van der Waals surface area contributed by atoms with Crippen molar-refractivity contribution in [2.24, 2.45) is 10.9 Å². The maximum Gasteiger partial charge on any atom is 0.0936 e. The van der Waals surface area contributed by atoms with Crippen molar-refractivity contribution >= 4 is 5.57 Å². The Labute approximate surface area is 94.5 Å². The molecule has 1 nitrogen and oxygen atoms in total. The van der Waals surface area contributed by atoms with Gasteiger partial charge in [-0.1, -0.05) is 36.4 Å². The SMILES string of the molecule is CC1=c2ccccc2=NC23CC2C=CC=C13. The van der Waals surface area contributed by atoms with Gasteiger partial charge < -0.3 is 0 Å². The van der Waals surface area contributed by atoms with Crippen molar-refractivity contribution in [2.75, 3.05) is 0 Å². The van der Waals surface area contributed by atoms with Crippen molar-refractivity contribution in [3.05, 3.63) is 58.6 Å². The summed E-state index contributed by atoms with van der Waals surface area (Å²) in [6.07, 6.45) is 7.94. The van der Waals surface area contributed by atoms with Crippen LogP contribution in [0.1, 0.15) is 13.3 Å². The molecule has 78 valence electrons. The molecule has 4 rings (SSSR count). The summed E-state index contributed by atoms with van der Waals surface area (Å²) in [5.41, 5.74) is 2.98. The minimum atomic E-state index is 0.118. The summed E-state index contributed by atoms with van der Waals surface area (Å²) in [4.78, 5) is 4.98. The van der Waals surface area contributed by atoms with Crippen LogP contribution < -0.4 is 10.6 Å². The fourth-order valence-electron chi connectivity index (χ4n) is 3.13. The highest BCUT2D eigenvalue weighted by Gasteiger charge is 2.57. The van der Waals surface area contributed by atoms with Gasteiger partial charge in [0.2, 0.25) is 0 Å². The van der Waals surface area contributed by atoms with E-state index >= 15 is 0 Å². The summed E-state index contributed by atoms with van der Waals surface area (Å²) < 4.78 is 0. The van der Waals surface area contributed by atoms with Gasteiger partial charge in [0.05, 0.1) is 10.9 Å². The summed E-state index contributed by atoms with van der Waals surface area (Å²) in [5.74, 6) is 0.649. The van der Waals surface area contributed by atoms with Gasteiger partial charge in [-0.2, -0.15) is 0 Å². The van der Waals surface area contributed by atoms with E-state index in [0.29, 0.717) is 5.92 Å². The first-order valence-corrected chi connectivity index (χ1v) is 5.86. The van der Waals surface area contributed by atoms with E-state index in [0.717, 1.165) is 0 Å². The van der Waals surface area contributed by atoms with E-state index in [-0.39, 0.29) is 5.54 Å². The predicted molar refractivity (Wildman–Crippen MR) is 64.4 cm³/mol. The Kier molecular flexibility index (Phi) is 1.35. The molecule has 1 spiro atoms. The molecule has 16 heavy (non-hydrogen) atoms. The zero-order valence-corrected chi connectivity index (χ0v) is 9.27. The predicted octanol–water partition coefficient (Wildman–Crippen LogP) is 1.75. The van der Waals surface area contributed by atoms with Gasteiger partial charge in [-0.15, -0.1) is 0 Å². The molecule has 0 saturated heterocycles. The highest BCUT2D eigenvalue weighted by Crippen LogP contribution is 2.57. The molecule has 2 aliphatic carbocycles. The Morgan fingerprint density at radius 2 is 2.19 bits per heavy atom. The largest absolute Gasteiger partial charge is 0.273 e. The van der Waals surface area contributed by atoms with Crippen LogP contribution in [0.3, 0.4) is 0 Å². The number of fused-ring (bicyclic) bond motifs is 1. The Hall–Kier alpha value is -1.63. The lowest BCUT2D eigenvalue weighted by Gasteiger charge is -2.23. The minimum absolute atomic E-state index is 0.118. The Morgan fingerprint density at radius 1 is 1.31 bits per heavy atom. The number of allylic oxidation sites excluding steroid dienone is 2. The van der Waals surface area contributed by atoms with Crippen LogP contribution >= 0.6 is 0 Å². The highest BCUT2D eigenvalue weighted by atomic mass is 15.0. The lowest BCUT2D eigenvalue weighted by atomic mass is 9.89. The van der Waals surface area contributed by atoms with E-state index in [1.54, 1.807) is 0 Å². The molecule has 2 unspecified atom stereocenters. The Bertz CT molecular complexity index is 663. The van der Waals surface area contributed by atoms with Crippen LogP contribution in [0.2, 0.25) is 0 Å². The molecule has 1 fully saturated rings. The normalized spacial score (nSPS) is 33.2. The number of nitrogens with zero attached hydrogens (tertiary/aromatic N) is 1. The minimum Gasteiger partial charge on any atom is -0.273 e. The monoisotopic (exact) mass is 207 g/mol. The van der Waals surface area contributed by atoms with Crippen LogP contribution in [-0.4, -0.2) is 5.54 Å². The Morgan fingerprint density at radius 3 is 3.12 bits per heavy atom. The summed E-state index contributed by atoms with van der Waals surface area (Å²) in [6, 6.07) is 8.49. The van der Waals surface area contributed by atoms with Crippen molar-refractivity contribution < 1.29 is 0 Å². The topological polar surface area (TPSA) is 12.4 Å². The standard InChI is InChI=1S/C15H13N/c1-10-12-6-2-3-8-14(12)16-15-9-11(15)5-4-7-13(10)15/h2-8,11H,9H2,1H3. The van der Waals surface area contributed by atoms with E-state index in [9.17, 15) is 0 Å². The number of hydrogen-bond donors (Lipinski definition) is 0. The molecule has 1 aliphatic heterocycles. The van der Waals surface area contributed by atoms with Gasteiger partial charge in [-0.05, 0) is 30.6 Å². The average Bonchev–Trinajstić information content (AvgIpc) is 3.01. The van der Waals surface area contributed by atoms with Crippen molar-refractivity contribution in [2.45, 2.75) is 18.9 Å². The maximum atomic E-state index is 4.98. The van der Waals surface area contributed by atoms with Crippen LogP contribution in [0.25, 0.3) is 5.57 Å². The van der Waals surface area contributed by atoms with Gasteiger partial charge in [0.15, 0.2) is 0 Å². The smallest absolute Gasteiger partial charge is 0.0936 e. The quantitative estimate of drug-likeness (QED) is 0.614. The van der Waals surface area contributed by atoms with Crippen LogP contribution in [0.15, 0.2) is 53.1 Å². The third-order valence-corrected chi connectivity index (χ3v) is 4.09. The van der Waals surface area contributed by atoms with Crippen LogP contribution in [-0.2, 0) is 0 Å².